The molecule has 2 heterocycles. The minimum Gasteiger partial charge on any atom is -0.461 e. The molecule has 25 heavy (non-hydrogen) atoms. The van der Waals surface area contributed by atoms with E-state index in [4.69, 9.17) is 21.9 Å². The molecule has 0 aliphatic heterocycles. The molecule has 0 aliphatic rings. The number of nitrogens with one attached hydrogen (secondary N) is 1. The van der Waals surface area contributed by atoms with Gasteiger partial charge < -0.3 is 15.6 Å². The third-order valence-corrected chi connectivity index (χ3v) is 4.54. The van der Waals surface area contributed by atoms with E-state index in [1.807, 2.05) is 0 Å². The molecule has 3 N–H and O–H groups in total. The van der Waals surface area contributed by atoms with E-state index in [0.29, 0.717) is 16.7 Å². The van der Waals surface area contributed by atoms with Gasteiger partial charge in [0.2, 0.25) is 16.9 Å². The third-order valence-electron chi connectivity index (χ3n) is 3.25. The number of rotatable bonds is 5. The van der Waals surface area contributed by atoms with Crippen LogP contribution in [0.5, 0.6) is 0 Å². The van der Waals surface area contributed by atoms with Crippen molar-refractivity contribution in [1.29, 1.82) is 0 Å². The molecule has 1 atom stereocenters. The first-order valence-corrected chi connectivity index (χ1v) is 8.38. The number of nitrogens with zero attached hydrogens (tertiary/aromatic N) is 3. The summed E-state index contributed by atoms with van der Waals surface area (Å²) in [5.74, 6) is 5.72. The van der Waals surface area contributed by atoms with Crippen molar-refractivity contribution in [3.05, 3.63) is 47.4 Å². The molecular weight excluding hydrogens is 369 g/mol. The van der Waals surface area contributed by atoms with Crippen LogP contribution in [0.1, 0.15) is 6.92 Å². The third kappa shape index (κ3) is 3.77. The highest BCUT2D eigenvalue weighted by Gasteiger charge is 2.21. The zero-order valence-electron chi connectivity index (χ0n) is 12.9. The highest BCUT2D eigenvalue weighted by Crippen LogP contribution is 2.26. The Labute approximate surface area is 151 Å². The van der Waals surface area contributed by atoms with Crippen LogP contribution in [0.4, 0.5) is 10.1 Å². The van der Waals surface area contributed by atoms with E-state index in [0.717, 1.165) is 17.8 Å². The predicted molar refractivity (Wildman–Crippen MR) is 93.2 cm³/mol. The van der Waals surface area contributed by atoms with Crippen molar-refractivity contribution in [3.8, 4) is 11.6 Å². The zero-order chi connectivity index (χ0) is 18.0. The monoisotopic (exact) mass is 381 g/mol. The lowest BCUT2D eigenvalue weighted by Crippen LogP contribution is -2.24. The second kappa shape index (κ2) is 7.16. The average molecular weight is 382 g/mol. The number of halogens is 2. The lowest BCUT2D eigenvalue weighted by Gasteiger charge is -2.12. The van der Waals surface area contributed by atoms with Crippen molar-refractivity contribution in [1.82, 2.24) is 14.9 Å². The molecule has 0 radical (unpaired) electrons. The number of hydrogen-bond acceptors (Lipinski definition) is 6. The summed E-state index contributed by atoms with van der Waals surface area (Å²) < 4.78 is 20.2. The maximum atomic E-state index is 13.8. The van der Waals surface area contributed by atoms with Gasteiger partial charge >= 0.3 is 0 Å². The van der Waals surface area contributed by atoms with E-state index >= 15 is 0 Å². The molecule has 7 nitrogen and oxygen atoms in total. The molecule has 0 unspecified atom stereocenters. The Balaban J connectivity index is 1.69. The van der Waals surface area contributed by atoms with Crippen LogP contribution < -0.4 is 11.2 Å². The number of amides is 1. The summed E-state index contributed by atoms with van der Waals surface area (Å²) in [5.41, 5.74) is 0.0485. The summed E-state index contributed by atoms with van der Waals surface area (Å²) in [5, 5.41) is 10.4. The molecule has 0 saturated heterocycles. The molecule has 0 aliphatic carbocycles. The maximum absolute atomic E-state index is 13.8. The van der Waals surface area contributed by atoms with Gasteiger partial charge in [0.1, 0.15) is 5.82 Å². The summed E-state index contributed by atoms with van der Waals surface area (Å²) in [7, 11) is 0. The molecule has 0 spiro atoms. The summed E-state index contributed by atoms with van der Waals surface area (Å²) in [6, 6.07) is 7.41. The van der Waals surface area contributed by atoms with Gasteiger partial charge in [0.25, 0.3) is 0 Å². The van der Waals surface area contributed by atoms with E-state index in [1.54, 1.807) is 19.1 Å². The van der Waals surface area contributed by atoms with Gasteiger partial charge in [-0.1, -0.05) is 23.4 Å². The van der Waals surface area contributed by atoms with E-state index in [2.05, 4.69) is 15.5 Å². The van der Waals surface area contributed by atoms with Crippen LogP contribution in [-0.4, -0.2) is 26.0 Å². The van der Waals surface area contributed by atoms with Gasteiger partial charge in [-0.15, -0.1) is 10.2 Å². The number of carbonyl (C=O) groups excluding carboxylic acids is 1. The number of carbonyl (C=O) groups is 1. The van der Waals surface area contributed by atoms with Crippen molar-refractivity contribution in [2.75, 3.05) is 11.2 Å². The summed E-state index contributed by atoms with van der Waals surface area (Å²) in [6.07, 6.45) is 1.49. The second-order valence-electron chi connectivity index (χ2n) is 5.03. The van der Waals surface area contributed by atoms with E-state index < -0.39 is 17.0 Å². The fourth-order valence-corrected chi connectivity index (χ4v) is 2.90. The van der Waals surface area contributed by atoms with Gasteiger partial charge in [0.05, 0.1) is 17.2 Å². The molecule has 0 bridgehead atoms. The first-order chi connectivity index (χ1) is 12.0. The fourth-order valence-electron chi connectivity index (χ4n) is 1.97. The van der Waals surface area contributed by atoms with Crippen molar-refractivity contribution in [2.24, 2.45) is 0 Å². The first kappa shape index (κ1) is 17.3. The van der Waals surface area contributed by atoms with Gasteiger partial charge in [-0.2, -0.15) is 0 Å². The van der Waals surface area contributed by atoms with E-state index in [-0.39, 0.29) is 10.7 Å². The highest BCUT2D eigenvalue weighted by atomic mass is 35.5. The molecule has 1 aromatic carbocycles. The Hall–Kier alpha value is -2.52. The summed E-state index contributed by atoms with van der Waals surface area (Å²) >= 11 is 6.78. The topological polar surface area (TPSA) is 99.0 Å². The molecule has 2 aromatic heterocycles. The Bertz CT molecular complexity index is 899. The Morgan fingerprint density at radius 1 is 1.44 bits per heavy atom. The summed E-state index contributed by atoms with van der Waals surface area (Å²) in [4.78, 5) is 12.3. The SMILES string of the molecule is C[C@@H](Sc1nnc(-c2ccco2)n1N)C(=O)Nc1ccc(Cl)cc1F. The number of anilines is 1. The smallest absolute Gasteiger partial charge is 0.237 e. The fraction of sp³-hybridized carbons (Fsp3) is 0.133. The van der Waals surface area contributed by atoms with Gasteiger partial charge in [0.15, 0.2) is 5.76 Å². The number of nitrogen functional groups attached to an aromatic ring is 1. The van der Waals surface area contributed by atoms with E-state index in [1.165, 1.54) is 23.1 Å². The van der Waals surface area contributed by atoms with Crippen LogP contribution in [0.25, 0.3) is 11.6 Å². The van der Waals surface area contributed by atoms with Crippen molar-refractivity contribution in [2.45, 2.75) is 17.3 Å². The van der Waals surface area contributed by atoms with Crippen molar-refractivity contribution in [3.63, 3.8) is 0 Å². The van der Waals surface area contributed by atoms with Crippen LogP contribution in [0.3, 0.4) is 0 Å². The Morgan fingerprint density at radius 3 is 2.92 bits per heavy atom. The van der Waals surface area contributed by atoms with Gasteiger partial charge in [-0.25, -0.2) is 9.07 Å². The number of hydrogen-bond donors (Lipinski definition) is 2. The van der Waals surface area contributed by atoms with Crippen LogP contribution in [0.15, 0.2) is 46.2 Å². The molecule has 1 amide bonds. The van der Waals surface area contributed by atoms with Gasteiger partial charge in [0, 0.05) is 5.02 Å². The second-order valence-corrected chi connectivity index (χ2v) is 6.77. The van der Waals surface area contributed by atoms with Gasteiger partial charge in [-0.3, -0.25) is 4.79 Å². The quantitative estimate of drug-likeness (QED) is 0.520. The number of furan rings is 1. The number of thioether (sulfide) groups is 1. The molecule has 130 valence electrons. The standard InChI is InChI=1S/C15H13ClFN5O2S/c1-8(14(23)19-11-5-4-9(16)7-10(11)17)25-15-21-20-13(22(15)18)12-3-2-6-24-12/h2-8H,18H2,1H3,(H,19,23)/t8-/m1/s1. The lowest BCUT2D eigenvalue weighted by atomic mass is 10.3. The van der Waals surface area contributed by atoms with Crippen LogP contribution >= 0.6 is 23.4 Å². The van der Waals surface area contributed by atoms with Crippen LogP contribution in [-0.2, 0) is 4.79 Å². The Kier molecular flexibility index (Phi) is 4.95. The lowest BCUT2D eigenvalue weighted by molar-refractivity contribution is -0.115. The molecule has 3 aromatic rings. The largest absolute Gasteiger partial charge is 0.461 e. The summed E-state index contributed by atoms with van der Waals surface area (Å²) in [6.45, 7) is 1.65. The molecule has 0 fully saturated rings. The van der Waals surface area contributed by atoms with Crippen LogP contribution in [0.2, 0.25) is 5.02 Å². The highest BCUT2D eigenvalue weighted by molar-refractivity contribution is 8.00. The predicted octanol–water partition coefficient (Wildman–Crippen LogP) is 3.16. The van der Waals surface area contributed by atoms with Gasteiger partial charge in [-0.05, 0) is 37.3 Å². The zero-order valence-corrected chi connectivity index (χ0v) is 14.5. The average Bonchev–Trinajstić information content (AvgIpc) is 3.20. The van der Waals surface area contributed by atoms with Crippen molar-refractivity contribution >= 4 is 35.0 Å². The first-order valence-electron chi connectivity index (χ1n) is 7.12. The minimum atomic E-state index is -0.611. The number of benzene rings is 1. The van der Waals surface area contributed by atoms with Crippen molar-refractivity contribution < 1.29 is 13.6 Å². The van der Waals surface area contributed by atoms with Crippen LogP contribution in [0, 0.1) is 5.82 Å². The minimum absolute atomic E-state index is 0.0485. The normalized spacial score (nSPS) is 12.1. The molecule has 10 heteroatoms. The molecule has 3 rings (SSSR count). The molecule has 0 saturated carbocycles. The maximum Gasteiger partial charge on any atom is 0.237 e. The Morgan fingerprint density at radius 2 is 2.24 bits per heavy atom. The van der Waals surface area contributed by atoms with E-state index in [9.17, 15) is 9.18 Å². The molecular formula is C15H13ClFN5O2S. The number of nitrogens with two attached hydrogens (primary N) is 1. The number of aromatic nitrogens is 3.